The molecule has 1 aliphatic rings. The number of fused-ring (bicyclic) bond motifs is 1. The molecule has 1 saturated heterocycles. The Hall–Kier alpha value is -2.66. The lowest BCUT2D eigenvalue weighted by Gasteiger charge is -2.26. The molecule has 4 aromatic rings. The fourth-order valence-electron chi connectivity index (χ4n) is 3.89. The number of halogens is 1. The molecule has 0 amide bonds. The maximum Gasteiger partial charge on any atom is 0.137 e. The topological polar surface area (TPSA) is 29.8 Å². The zero-order chi connectivity index (χ0) is 19.6. The van der Waals surface area contributed by atoms with Crippen molar-refractivity contribution in [2.45, 2.75) is 6.54 Å². The molecular formula is C24H22ClN3O. The predicted octanol–water partition coefficient (Wildman–Crippen LogP) is 5.15. The summed E-state index contributed by atoms with van der Waals surface area (Å²) in [5.74, 6) is 0. The SMILES string of the molecule is Clc1ccccc1-c1nc2ccc(-c3ccccc3)cn2c1CN1CCOCC1. The van der Waals surface area contributed by atoms with Gasteiger partial charge < -0.3 is 9.14 Å². The van der Waals surface area contributed by atoms with E-state index in [0.29, 0.717) is 0 Å². The summed E-state index contributed by atoms with van der Waals surface area (Å²) in [6, 6.07) is 22.6. The first kappa shape index (κ1) is 18.4. The van der Waals surface area contributed by atoms with Crippen LogP contribution in [-0.2, 0) is 11.3 Å². The number of pyridine rings is 1. The number of hydrogen-bond donors (Lipinski definition) is 0. The number of benzene rings is 2. The van der Waals surface area contributed by atoms with Gasteiger partial charge in [0.15, 0.2) is 0 Å². The van der Waals surface area contributed by atoms with Crippen LogP contribution in [-0.4, -0.2) is 40.6 Å². The summed E-state index contributed by atoms with van der Waals surface area (Å²) in [4.78, 5) is 7.38. The molecule has 0 radical (unpaired) electrons. The Morgan fingerprint density at radius 2 is 1.62 bits per heavy atom. The normalized spacial score (nSPS) is 15.1. The summed E-state index contributed by atoms with van der Waals surface area (Å²) in [6.45, 7) is 4.20. The van der Waals surface area contributed by atoms with Crippen LogP contribution < -0.4 is 0 Å². The minimum Gasteiger partial charge on any atom is -0.379 e. The Kier molecular flexibility index (Phi) is 5.06. The van der Waals surface area contributed by atoms with Gasteiger partial charge in [-0.05, 0) is 29.3 Å². The number of morpholine rings is 1. The van der Waals surface area contributed by atoms with Gasteiger partial charge in [-0.25, -0.2) is 4.98 Å². The number of hydrogen-bond acceptors (Lipinski definition) is 3. The lowest BCUT2D eigenvalue weighted by molar-refractivity contribution is 0.0336. The van der Waals surface area contributed by atoms with E-state index in [1.807, 2.05) is 30.3 Å². The minimum absolute atomic E-state index is 0.724. The first-order valence-corrected chi connectivity index (χ1v) is 10.3. The largest absolute Gasteiger partial charge is 0.379 e. The van der Waals surface area contributed by atoms with E-state index in [1.165, 1.54) is 11.1 Å². The van der Waals surface area contributed by atoms with Crippen molar-refractivity contribution in [3.63, 3.8) is 0 Å². The molecule has 0 saturated carbocycles. The predicted molar refractivity (Wildman–Crippen MR) is 117 cm³/mol. The highest BCUT2D eigenvalue weighted by Crippen LogP contribution is 2.32. The average Bonchev–Trinajstić information content (AvgIpc) is 3.13. The van der Waals surface area contributed by atoms with E-state index < -0.39 is 0 Å². The summed E-state index contributed by atoms with van der Waals surface area (Å²) in [6.07, 6.45) is 2.19. The highest BCUT2D eigenvalue weighted by atomic mass is 35.5. The van der Waals surface area contributed by atoms with Crippen molar-refractivity contribution < 1.29 is 4.74 Å². The van der Waals surface area contributed by atoms with Crippen molar-refractivity contribution in [1.29, 1.82) is 0 Å². The van der Waals surface area contributed by atoms with Gasteiger partial charge in [0, 0.05) is 31.4 Å². The van der Waals surface area contributed by atoms with Crippen LogP contribution in [0.15, 0.2) is 72.9 Å². The molecule has 0 N–H and O–H groups in total. The molecule has 0 bridgehead atoms. The van der Waals surface area contributed by atoms with Crippen molar-refractivity contribution in [1.82, 2.24) is 14.3 Å². The monoisotopic (exact) mass is 403 g/mol. The van der Waals surface area contributed by atoms with E-state index in [-0.39, 0.29) is 0 Å². The van der Waals surface area contributed by atoms with Crippen LogP contribution in [0.25, 0.3) is 28.0 Å². The Morgan fingerprint density at radius 1 is 0.862 bits per heavy atom. The smallest absolute Gasteiger partial charge is 0.137 e. The van der Waals surface area contributed by atoms with Crippen LogP contribution in [0.1, 0.15) is 5.69 Å². The number of ether oxygens (including phenoxy) is 1. The van der Waals surface area contributed by atoms with Crippen LogP contribution in [0.5, 0.6) is 0 Å². The van der Waals surface area contributed by atoms with Crippen molar-refractivity contribution in [3.05, 3.63) is 83.6 Å². The molecule has 146 valence electrons. The molecule has 2 aromatic heterocycles. The second-order valence-electron chi connectivity index (χ2n) is 7.29. The number of aromatic nitrogens is 2. The first-order chi connectivity index (χ1) is 14.3. The van der Waals surface area contributed by atoms with Crippen LogP contribution in [0, 0.1) is 0 Å². The summed E-state index contributed by atoms with van der Waals surface area (Å²) in [5.41, 5.74) is 6.38. The van der Waals surface area contributed by atoms with Crippen LogP contribution in [0.2, 0.25) is 5.02 Å². The molecule has 2 aromatic carbocycles. The Morgan fingerprint density at radius 3 is 2.41 bits per heavy atom. The minimum atomic E-state index is 0.724. The maximum absolute atomic E-state index is 6.55. The number of rotatable bonds is 4. The second-order valence-corrected chi connectivity index (χ2v) is 7.69. The first-order valence-electron chi connectivity index (χ1n) is 9.91. The van der Waals surface area contributed by atoms with E-state index in [4.69, 9.17) is 21.3 Å². The molecule has 5 rings (SSSR count). The van der Waals surface area contributed by atoms with Gasteiger partial charge in [-0.2, -0.15) is 0 Å². The molecule has 1 aliphatic heterocycles. The molecule has 5 heteroatoms. The number of nitrogens with zero attached hydrogens (tertiary/aromatic N) is 3. The summed E-state index contributed by atoms with van der Waals surface area (Å²) < 4.78 is 7.75. The number of imidazole rings is 1. The molecule has 0 unspecified atom stereocenters. The van der Waals surface area contributed by atoms with E-state index in [2.05, 4.69) is 51.9 Å². The van der Waals surface area contributed by atoms with Crippen LogP contribution >= 0.6 is 11.6 Å². The lowest BCUT2D eigenvalue weighted by atomic mass is 10.1. The van der Waals surface area contributed by atoms with E-state index >= 15 is 0 Å². The van der Waals surface area contributed by atoms with Gasteiger partial charge in [-0.1, -0.05) is 60.1 Å². The Balaban J connectivity index is 1.66. The third kappa shape index (κ3) is 3.67. The van der Waals surface area contributed by atoms with Crippen molar-refractivity contribution >= 4 is 17.2 Å². The summed E-state index contributed by atoms with van der Waals surface area (Å²) in [5, 5.41) is 0.724. The van der Waals surface area contributed by atoms with Crippen LogP contribution in [0.3, 0.4) is 0 Å². The van der Waals surface area contributed by atoms with Crippen molar-refractivity contribution in [2.24, 2.45) is 0 Å². The van der Waals surface area contributed by atoms with Gasteiger partial charge >= 0.3 is 0 Å². The zero-order valence-corrected chi connectivity index (χ0v) is 16.8. The maximum atomic E-state index is 6.55. The quantitative estimate of drug-likeness (QED) is 0.471. The molecule has 0 spiro atoms. The molecule has 4 nitrogen and oxygen atoms in total. The van der Waals surface area contributed by atoms with Gasteiger partial charge in [0.25, 0.3) is 0 Å². The third-order valence-corrected chi connectivity index (χ3v) is 5.76. The molecule has 3 heterocycles. The molecule has 29 heavy (non-hydrogen) atoms. The second kappa shape index (κ2) is 7.99. The van der Waals surface area contributed by atoms with Gasteiger partial charge in [0.05, 0.1) is 29.6 Å². The van der Waals surface area contributed by atoms with Crippen molar-refractivity contribution in [3.8, 4) is 22.4 Å². The average molecular weight is 404 g/mol. The van der Waals surface area contributed by atoms with Gasteiger partial charge in [0.2, 0.25) is 0 Å². The zero-order valence-electron chi connectivity index (χ0n) is 16.1. The molecular weight excluding hydrogens is 382 g/mol. The van der Waals surface area contributed by atoms with Crippen LogP contribution in [0.4, 0.5) is 0 Å². The lowest BCUT2D eigenvalue weighted by Crippen LogP contribution is -2.36. The fraction of sp³-hybridized carbons (Fsp3) is 0.208. The van der Waals surface area contributed by atoms with E-state index in [9.17, 15) is 0 Å². The Labute approximate surface area is 175 Å². The fourth-order valence-corrected chi connectivity index (χ4v) is 4.11. The standard InChI is InChI=1S/C24H22ClN3O/c25-21-9-5-4-8-20(21)24-22(17-27-12-14-29-15-13-27)28-16-19(10-11-23(28)26-24)18-6-2-1-3-7-18/h1-11,16H,12-15,17H2. The Bertz CT molecular complexity index is 1130. The summed E-state index contributed by atoms with van der Waals surface area (Å²) >= 11 is 6.55. The third-order valence-electron chi connectivity index (χ3n) is 5.43. The van der Waals surface area contributed by atoms with E-state index in [0.717, 1.165) is 60.5 Å². The highest BCUT2D eigenvalue weighted by molar-refractivity contribution is 6.33. The molecule has 1 fully saturated rings. The van der Waals surface area contributed by atoms with Gasteiger partial charge in [-0.15, -0.1) is 0 Å². The summed E-state index contributed by atoms with van der Waals surface area (Å²) in [7, 11) is 0. The molecule has 0 aliphatic carbocycles. The molecule has 0 atom stereocenters. The van der Waals surface area contributed by atoms with Crippen molar-refractivity contribution in [2.75, 3.05) is 26.3 Å². The van der Waals surface area contributed by atoms with E-state index in [1.54, 1.807) is 0 Å². The highest BCUT2D eigenvalue weighted by Gasteiger charge is 2.20. The van der Waals surface area contributed by atoms with Gasteiger partial charge in [-0.3, -0.25) is 4.90 Å². The van der Waals surface area contributed by atoms with Gasteiger partial charge in [0.1, 0.15) is 5.65 Å².